The molecule has 7 aliphatic rings. The topological polar surface area (TPSA) is 135 Å². The first-order valence-corrected chi connectivity index (χ1v) is 22.9. The Morgan fingerprint density at radius 2 is 1.31 bits per heavy atom. The van der Waals surface area contributed by atoms with Crippen LogP contribution in [0.1, 0.15) is 105 Å². The Morgan fingerprint density at radius 1 is 0.694 bits per heavy atom. The molecule has 62 heavy (non-hydrogen) atoms. The molecular formula is C51H57N5O6. The maximum Gasteiger partial charge on any atom is 0.343 e. The molecule has 3 saturated carbocycles. The molecule has 11 nitrogen and oxygen atoms in total. The summed E-state index contributed by atoms with van der Waals surface area (Å²) in [6.07, 6.45) is 6.78. The standard InChI is InChI=1S/C51H57N5O6/c52-47(57)34-11-9-32(10-12-34)29-55-21-17-50(18-22-55)27-38(30-60-50)53-42-26-41(42)37-7-4-8-40(25-37)62-49(59)36-15-13-35(14-16-36)48(58)56-23-19-51(20-24-56)28-39(31-61-51)54-46-44-43(45(44)46)33-5-2-1-3-6-33/h1-16,25,38-39,41-46,53-54H,17-24,26-31H2,(H2,52,57)/t38?,39?,41-,42+,43?,44-,45?,46?/m0/s1. The number of nitrogens with zero attached hydrogens (tertiary/aromatic N) is 2. The molecule has 4 N–H and O–H groups in total. The molecule has 4 aromatic rings. The van der Waals surface area contributed by atoms with Gasteiger partial charge < -0.3 is 35.5 Å². The summed E-state index contributed by atoms with van der Waals surface area (Å²) >= 11 is 0. The van der Waals surface area contributed by atoms with Crippen LogP contribution in [-0.2, 0) is 16.0 Å². The average molecular weight is 836 g/mol. The first kappa shape index (κ1) is 39.9. The van der Waals surface area contributed by atoms with Crippen LogP contribution in [0.2, 0.25) is 0 Å². The van der Waals surface area contributed by atoms with E-state index >= 15 is 0 Å². The van der Waals surface area contributed by atoms with Crippen LogP contribution in [0.25, 0.3) is 0 Å². The third-order valence-electron chi connectivity index (χ3n) is 15.3. The first-order chi connectivity index (χ1) is 30.2. The number of rotatable bonds is 12. The minimum Gasteiger partial charge on any atom is -0.423 e. The number of hydrogen-bond acceptors (Lipinski definition) is 9. The van der Waals surface area contributed by atoms with E-state index in [1.807, 2.05) is 35.2 Å². The van der Waals surface area contributed by atoms with Crippen LogP contribution in [-0.4, -0.2) is 102 Å². The van der Waals surface area contributed by atoms with E-state index in [2.05, 4.69) is 51.9 Å². The Labute approximate surface area is 363 Å². The number of carbonyl (C=O) groups excluding carboxylic acids is 3. The summed E-state index contributed by atoms with van der Waals surface area (Å²) in [4.78, 5) is 42.6. The summed E-state index contributed by atoms with van der Waals surface area (Å²) in [6.45, 7) is 5.63. The normalized spacial score (nSPS) is 30.2. The lowest BCUT2D eigenvalue weighted by Crippen LogP contribution is -2.47. The molecule has 0 radical (unpaired) electrons. The van der Waals surface area contributed by atoms with Crippen molar-refractivity contribution in [1.29, 1.82) is 0 Å². The van der Waals surface area contributed by atoms with Gasteiger partial charge in [0.2, 0.25) is 5.91 Å². The lowest BCUT2D eigenvalue weighted by atomic mass is 9.87. The van der Waals surface area contributed by atoms with E-state index < -0.39 is 11.9 Å². The minimum absolute atomic E-state index is 0.00954. The maximum absolute atomic E-state index is 13.5. The maximum atomic E-state index is 13.5. The quantitative estimate of drug-likeness (QED) is 0.115. The molecule has 2 spiro atoms. The number of piperidine rings is 2. The predicted octanol–water partition coefficient (Wildman–Crippen LogP) is 6.04. The number of fused-ring (bicyclic) bond motifs is 1. The van der Waals surface area contributed by atoms with Crippen molar-refractivity contribution in [3.63, 3.8) is 0 Å². The highest BCUT2D eigenvalue weighted by atomic mass is 16.5. The van der Waals surface area contributed by atoms with Crippen molar-refractivity contribution in [3.05, 3.63) is 137 Å². The lowest BCUT2D eigenvalue weighted by molar-refractivity contribution is -0.0449. The number of esters is 1. The van der Waals surface area contributed by atoms with E-state index in [1.54, 1.807) is 36.4 Å². The molecule has 7 fully saturated rings. The van der Waals surface area contributed by atoms with Crippen LogP contribution >= 0.6 is 0 Å². The molecule has 322 valence electrons. The van der Waals surface area contributed by atoms with Crippen molar-refractivity contribution in [2.24, 2.45) is 17.6 Å². The molecule has 5 unspecified atom stereocenters. The van der Waals surface area contributed by atoms with E-state index in [0.717, 1.165) is 101 Å². The molecule has 4 heterocycles. The molecule has 4 saturated heterocycles. The van der Waals surface area contributed by atoms with E-state index in [0.29, 0.717) is 65.6 Å². The molecule has 0 bridgehead atoms. The number of hydrogen-bond donors (Lipinski definition) is 3. The van der Waals surface area contributed by atoms with Crippen molar-refractivity contribution in [2.45, 2.75) is 98.7 Å². The number of amides is 2. The fourth-order valence-corrected chi connectivity index (χ4v) is 11.5. The van der Waals surface area contributed by atoms with Crippen LogP contribution in [0.5, 0.6) is 5.75 Å². The summed E-state index contributed by atoms with van der Waals surface area (Å²) in [6, 6.07) is 34.9. The van der Waals surface area contributed by atoms with Gasteiger partial charge in [-0.05, 0) is 128 Å². The van der Waals surface area contributed by atoms with Crippen molar-refractivity contribution in [3.8, 4) is 5.75 Å². The zero-order valence-electron chi connectivity index (χ0n) is 35.3. The monoisotopic (exact) mass is 835 g/mol. The second-order valence-corrected chi connectivity index (χ2v) is 19.4. The van der Waals surface area contributed by atoms with Gasteiger partial charge in [0.1, 0.15) is 5.75 Å². The molecular weight excluding hydrogens is 779 g/mol. The van der Waals surface area contributed by atoms with Gasteiger partial charge in [0.15, 0.2) is 0 Å². The molecule has 8 atom stereocenters. The van der Waals surface area contributed by atoms with Gasteiger partial charge in [-0.25, -0.2) is 4.79 Å². The first-order valence-electron chi connectivity index (χ1n) is 22.9. The molecule has 11 heteroatoms. The highest BCUT2D eigenvalue weighted by Crippen LogP contribution is 2.73. The highest BCUT2D eigenvalue weighted by Gasteiger charge is 2.73. The fourth-order valence-electron chi connectivity index (χ4n) is 11.5. The Bertz CT molecular complexity index is 2290. The Kier molecular flexibility index (Phi) is 10.3. The Hall–Kier alpha value is -4.91. The average Bonchev–Trinajstić information content (AvgIpc) is 4.26. The van der Waals surface area contributed by atoms with E-state index in [-0.39, 0.29) is 17.1 Å². The third-order valence-corrected chi connectivity index (χ3v) is 15.3. The van der Waals surface area contributed by atoms with Crippen molar-refractivity contribution in [1.82, 2.24) is 20.4 Å². The smallest absolute Gasteiger partial charge is 0.343 e. The number of primary amides is 1. The van der Waals surface area contributed by atoms with Gasteiger partial charge in [-0.2, -0.15) is 0 Å². The van der Waals surface area contributed by atoms with Gasteiger partial charge in [-0.15, -0.1) is 0 Å². The van der Waals surface area contributed by atoms with Crippen LogP contribution in [0.3, 0.4) is 0 Å². The van der Waals surface area contributed by atoms with Gasteiger partial charge in [-0.1, -0.05) is 54.6 Å². The SMILES string of the molecule is NC(=O)c1ccc(CN2CCC3(CC2)CC(N[C@@H]2C[C@H]2c2cccc(OC(=O)c4ccc(C(=O)N5CCC6(CC5)CC(NC5C7C(c8ccccc8)[C@H]57)CO6)cc4)c2)CO3)cc1. The Morgan fingerprint density at radius 3 is 1.98 bits per heavy atom. The number of ether oxygens (including phenoxy) is 3. The molecule has 3 aliphatic carbocycles. The van der Waals surface area contributed by atoms with Gasteiger partial charge in [0.05, 0.1) is 30.0 Å². The van der Waals surface area contributed by atoms with Gasteiger partial charge in [-0.3, -0.25) is 14.5 Å². The lowest BCUT2D eigenvalue weighted by Gasteiger charge is -2.38. The number of nitrogens with one attached hydrogen (secondary N) is 2. The van der Waals surface area contributed by atoms with E-state index in [9.17, 15) is 14.4 Å². The predicted molar refractivity (Wildman–Crippen MR) is 234 cm³/mol. The van der Waals surface area contributed by atoms with Crippen LogP contribution in [0, 0.1) is 11.8 Å². The second-order valence-electron chi connectivity index (χ2n) is 19.4. The van der Waals surface area contributed by atoms with Gasteiger partial charge in [0, 0.05) is 73.9 Å². The highest BCUT2D eigenvalue weighted by molar-refractivity contribution is 5.96. The van der Waals surface area contributed by atoms with Crippen LogP contribution in [0.4, 0.5) is 0 Å². The molecule has 4 aliphatic heterocycles. The number of benzene rings is 4. The summed E-state index contributed by atoms with van der Waals surface area (Å²) in [5.74, 6) is 2.35. The Balaban J connectivity index is 0.606. The summed E-state index contributed by atoms with van der Waals surface area (Å²) in [5.41, 5.74) is 10.5. The largest absolute Gasteiger partial charge is 0.423 e. The zero-order valence-corrected chi connectivity index (χ0v) is 35.3. The third kappa shape index (κ3) is 8.10. The second kappa shape index (κ2) is 16.0. The molecule has 2 amide bonds. The van der Waals surface area contributed by atoms with Gasteiger partial charge in [0.25, 0.3) is 5.91 Å². The molecule has 0 aromatic heterocycles. The van der Waals surface area contributed by atoms with Crippen LogP contribution < -0.4 is 21.1 Å². The summed E-state index contributed by atoms with van der Waals surface area (Å²) in [7, 11) is 0. The van der Waals surface area contributed by atoms with Crippen molar-refractivity contribution < 1.29 is 28.6 Å². The van der Waals surface area contributed by atoms with Crippen LogP contribution in [0.15, 0.2) is 103 Å². The number of nitrogens with two attached hydrogens (primary N) is 1. The molecule has 4 aromatic carbocycles. The summed E-state index contributed by atoms with van der Waals surface area (Å²) in [5, 5.41) is 7.77. The zero-order chi connectivity index (χ0) is 42.0. The van der Waals surface area contributed by atoms with E-state index in [4.69, 9.17) is 19.9 Å². The fraction of sp³-hybridized carbons (Fsp3) is 0.471. The van der Waals surface area contributed by atoms with Gasteiger partial charge >= 0.3 is 5.97 Å². The number of likely N-dealkylation sites (tertiary alicyclic amines) is 2. The van der Waals surface area contributed by atoms with E-state index in [1.165, 1.54) is 11.1 Å². The molecule has 11 rings (SSSR count). The minimum atomic E-state index is -0.437. The van der Waals surface area contributed by atoms with Crippen molar-refractivity contribution >= 4 is 17.8 Å². The van der Waals surface area contributed by atoms with Crippen molar-refractivity contribution in [2.75, 3.05) is 39.4 Å². The number of carbonyl (C=O) groups is 3. The summed E-state index contributed by atoms with van der Waals surface area (Å²) < 4.78 is 18.8.